The number of amides is 1. The van der Waals surface area contributed by atoms with Crippen molar-refractivity contribution in [3.05, 3.63) is 56.5 Å². The van der Waals surface area contributed by atoms with E-state index < -0.39 is 0 Å². The smallest absolute Gasteiger partial charge is 0.262 e. The van der Waals surface area contributed by atoms with Gasteiger partial charge in [-0.15, -0.1) is 0 Å². The van der Waals surface area contributed by atoms with Crippen molar-refractivity contribution in [2.75, 3.05) is 11.9 Å². The number of rotatable bonds is 5. The van der Waals surface area contributed by atoms with Crippen LogP contribution in [0, 0.1) is 13.8 Å². The Morgan fingerprint density at radius 3 is 2.54 bits per heavy atom. The summed E-state index contributed by atoms with van der Waals surface area (Å²) in [6.45, 7) is 8.05. The number of hydrogen-bond donors (Lipinski definition) is 1. The van der Waals surface area contributed by atoms with Crippen molar-refractivity contribution in [3.63, 3.8) is 0 Å². The van der Waals surface area contributed by atoms with Crippen LogP contribution in [-0.4, -0.2) is 12.5 Å². The fraction of sp³-hybridized carbons (Fsp3) is 0.316. The summed E-state index contributed by atoms with van der Waals surface area (Å²) in [4.78, 5) is 12.1. The number of halogens is 2. The lowest BCUT2D eigenvalue weighted by atomic mass is 10.0. The van der Waals surface area contributed by atoms with Gasteiger partial charge in [0.25, 0.3) is 5.91 Å². The topological polar surface area (TPSA) is 38.3 Å². The molecular formula is C19H21BrClNO2. The summed E-state index contributed by atoms with van der Waals surface area (Å²) >= 11 is 9.61. The van der Waals surface area contributed by atoms with Gasteiger partial charge in [0.2, 0.25) is 0 Å². The van der Waals surface area contributed by atoms with Gasteiger partial charge >= 0.3 is 0 Å². The number of carbonyl (C=O) groups excluding carboxylic acids is 1. The fourth-order valence-corrected chi connectivity index (χ4v) is 2.80. The molecule has 0 bridgehead atoms. The Labute approximate surface area is 156 Å². The van der Waals surface area contributed by atoms with Gasteiger partial charge in [0, 0.05) is 15.2 Å². The molecule has 0 fully saturated rings. The number of anilines is 1. The maximum Gasteiger partial charge on any atom is 0.262 e. The number of nitrogens with one attached hydrogen (secondary N) is 1. The minimum atomic E-state index is -0.217. The maximum absolute atomic E-state index is 12.1. The lowest BCUT2D eigenvalue weighted by molar-refractivity contribution is -0.118. The van der Waals surface area contributed by atoms with E-state index in [0.29, 0.717) is 16.6 Å². The summed E-state index contributed by atoms with van der Waals surface area (Å²) in [7, 11) is 0. The molecule has 0 saturated carbocycles. The minimum Gasteiger partial charge on any atom is -0.483 e. The summed E-state index contributed by atoms with van der Waals surface area (Å²) in [5.41, 5.74) is 3.77. The van der Waals surface area contributed by atoms with E-state index in [4.69, 9.17) is 16.3 Å². The van der Waals surface area contributed by atoms with Crippen LogP contribution in [-0.2, 0) is 4.79 Å². The molecule has 1 amide bonds. The van der Waals surface area contributed by atoms with Gasteiger partial charge in [-0.25, -0.2) is 0 Å². The first-order valence-corrected chi connectivity index (χ1v) is 8.94. The zero-order valence-corrected chi connectivity index (χ0v) is 16.6. The molecule has 0 radical (unpaired) electrons. The Morgan fingerprint density at radius 2 is 1.92 bits per heavy atom. The van der Waals surface area contributed by atoms with Gasteiger partial charge in [-0.05, 0) is 60.7 Å². The van der Waals surface area contributed by atoms with Crippen molar-refractivity contribution in [3.8, 4) is 5.75 Å². The highest BCUT2D eigenvalue weighted by Crippen LogP contribution is 2.32. The van der Waals surface area contributed by atoms with Gasteiger partial charge in [-0.1, -0.05) is 47.4 Å². The normalized spacial score (nSPS) is 10.8. The van der Waals surface area contributed by atoms with Crippen LogP contribution in [0.2, 0.25) is 5.02 Å². The second-order valence-corrected chi connectivity index (χ2v) is 7.36. The van der Waals surface area contributed by atoms with E-state index in [0.717, 1.165) is 26.9 Å². The van der Waals surface area contributed by atoms with E-state index in [1.165, 1.54) is 0 Å². The molecule has 1 N–H and O–H groups in total. The van der Waals surface area contributed by atoms with Gasteiger partial charge < -0.3 is 10.1 Å². The predicted octanol–water partition coefficient (Wildman–Crippen LogP) is 5.86. The lowest BCUT2D eigenvalue weighted by Gasteiger charge is -2.16. The largest absolute Gasteiger partial charge is 0.483 e. The molecule has 0 heterocycles. The Balaban J connectivity index is 2.06. The molecule has 2 aromatic rings. The summed E-state index contributed by atoms with van der Waals surface area (Å²) < 4.78 is 6.80. The second-order valence-electron chi connectivity index (χ2n) is 6.09. The SMILES string of the molecule is Cc1ccc(NC(=O)COc2cc(C)c(Br)cc2C(C)C)cc1Cl. The van der Waals surface area contributed by atoms with E-state index >= 15 is 0 Å². The quantitative estimate of drug-likeness (QED) is 0.670. The molecule has 0 aromatic heterocycles. The number of carbonyl (C=O) groups is 1. The first-order chi connectivity index (χ1) is 11.3. The van der Waals surface area contributed by atoms with Crippen molar-refractivity contribution < 1.29 is 9.53 Å². The van der Waals surface area contributed by atoms with Crippen molar-refractivity contribution in [2.45, 2.75) is 33.6 Å². The zero-order valence-electron chi connectivity index (χ0n) is 14.2. The highest BCUT2D eigenvalue weighted by atomic mass is 79.9. The Hall–Kier alpha value is -1.52. The second kappa shape index (κ2) is 8.04. The molecule has 0 saturated heterocycles. The van der Waals surface area contributed by atoms with Crippen LogP contribution >= 0.6 is 27.5 Å². The van der Waals surface area contributed by atoms with Crippen molar-refractivity contribution in [1.29, 1.82) is 0 Å². The van der Waals surface area contributed by atoms with Crippen LogP contribution in [0.4, 0.5) is 5.69 Å². The van der Waals surface area contributed by atoms with Gasteiger partial charge in [0.15, 0.2) is 6.61 Å². The van der Waals surface area contributed by atoms with E-state index in [1.54, 1.807) is 6.07 Å². The molecule has 3 nitrogen and oxygen atoms in total. The fourth-order valence-electron chi connectivity index (χ4n) is 2.26. The molecule has 0 aliphatic rings. The number of ether oxygens (including phenoxy) is 1. The van der Waals surface area contributed by atoms with Crippen LogP contribution in [0.25, 0.3) is 0 Å². The lowest BCUT2D eigenvalue weighted by Crippen LogP contribution is -2.20. The first kappa shape index (κ1) is 18.8. The average Bonchev–Trinajstić information content (AvgIpc) is 2.51. The third kappa shape index (κ3) is 4.74. The van der Waals surface area contributed by atoms with Crippen LogP contribution in [0.3, 0.4) is 0 Å². The molecule has 0 aliphatic heterocycles. The molecule has 5 heteroatoms. The first-order valence-electron chi connectivity index (χ1n) is 7.76. The number of benzene rings is 2. The molecule has 24 heavy (non-hydrogen) atoms. The Bertz CT molecular complexity index is 759. The predicted molar refractivity (Wildman–Crippen MR) is 103 cm³/mol. The Morgan fingerprint density at radius 1 is 1.21 bits per heavy atom. The highest BCUT2D eigenvalue weighted by Gasteiger charge is 2.13. The van der Waals surface area contributed by atoms with Crippen molar-refractivity contribution >= 4 is 39.1 Å². The Kier molecular flexibility index (Phi) is 6.30. The van der Waals surface area contributed by atoms with E-state index in [-0.39, 0.29) is 12.5 Å². The number of aryl methyl sites for hydroxylation is 2. The summed E-state index contributed by atoms with van der Waals surface area (Å²) in [6, 6.07) is 9.43. The monoisotopic (exact) mass is 409 g/mol. The van der Waals surface area contributed by atoms with E-state index in [9.17, 15) is 4.79 Å². The van der Waals surface area contributed by atoms with Gasteiger partial charge in [0.05, 0.1) is 0 Å². The molecule has 128 valence electrons. The molecule has 0 aliphatic carbocycles. The van der Waals surface area contributed by atoms with Crippen LogP contribution < -0.4 is 10.1 Å². The molecule has 2 aromatic carbocycles. The molecule has 0 atom stereocenters. The standard InChI is InChI=1S/C19H21BrClNO2/c1-11(2)15-9-16(20)13(4)7-18(15)24-10-19(23)22-14-6-5-12(3)17(21)8-14/h5-9,11H,10H2,1-4H3,(H,22,23). The molecule has 0 unspecified atom stereocenters. The average molecular weight is 411 g/mol. The minimum absolute atomic E-state index is 0.0493. The molecular weight excluding hydrogens is 390 g/mol. The molecule has 0 spiro atoms. The van der Waals surface area contributed by atoms with Gasteiger partial charge in [-0.3, -0.25) is 4.79 Å². The van der Waals surface area contributed by atoms with Crippen LogP contribution in [0.5, 0.6) is 5.75 Å². The summed E-state index contributed by atoms with van der Waals surface area (Å²) in [5.74, 6) is 0.823. The summed E-state index contributed by atoms with van der Waals surface area (Å²) in [6.07, 6.45) is 0. The molecule has 2 rings (SSSR count). The van der Waals surface area contributed by atoms with E-state index in [1.807, 2.05) is 38.1 Å². The summed E-state index contributed by atoms with van der Waals surface area (Å²) in [5, 5.41) is 3.42. The third-order valence-corrected chi connectivity index (χ3v) is 4.99. The van der Waals surface area contributed by atoms with Crippen LogP contribution in [0.1, 0.15) is 36.5 Å². The van der Waals surface area contributed by atoms with Gasteiger partial charge in [-0.2, -0.15) is 0 Å². The highest BCUT2D eigenvalue weighted by molar-refractivity contribution is 9.10. The van der Waals surface area contributed by atoms with Crippen molar-refractivity contribution in [2.24, 2.45) is 0 Å². The third-order valence-electron chi connectivity index (χ3n) is 3.73. The van der Waals surface area contributed by atoms with E-state index in [2.05, 4.69) is 35.1 Å². The maximum atomic E-state index is 12.1. The van der Waals surface area contributed by atoms with Gasteiger partial charge in [0.1, 0.15) is 5.75 Å². The van der Waals surface area contributed by atoms with Crippen molar-refractivity contribution in [1.82, 2.24) is 0 Å². The zero-order chi connectivity index (χ0) is 17.9. The number of hydrogen-bond acceptors (Lipinski definition) is 2. The van der Waals surface area contributed by atoms with Crippen LogP contribution in [0.15, 0.2) is 34.8 Å².